The maximum atomic E-state index is 13.7. The molecule has 0 saturated carbocycles. The van der Waals surface area contributed by atoms with Crippen LogP contribution < -0.4 is 27.0 Å². The molecule has 17 nitrogen and oxygen atoms in total. The maximum Gasteiger partial charge on any atom is 0.408 e. The van der Waals surface area contributed by atoms with Gasteiger partial charge in [0.2, 0.25) is 29.5 Å². The summed E-state index contributed by atoms with van der Waals surface area (Å²) in [6.07, 6.45) is -2.36. The molecule has 0 radical (unpaired) electrons. The number of nitrogens with two attached hydrogens (primary N) is 1. The summed E-state index contributed by atoms with van der Waals surface area (Å²) in [5.74, 6) is -5.56. The lowest BCUT2D eigenvalue weighted by Gasteiger charge is -2.30. The van der Waals surface area contributed by atoms with Crippen LogP contribution in [0.4, 0.5) is 4.79 Å². The molecule has 0 bridgehead atoms. The number of alkyl carbamates (subject to hydrolysis) is 1. The number of aliphatic hydroxyl groups is 1. The molecule has 6 amide bonds. The van der Waals surface area contributed by atoms with E-state index in [9.17, 15) is 48.9 Å². The molecule has 1 aromatic rings. The Morgan fingerprint density at radius 2 is 1.49 bits per heavy atom. The molecule has 1 fully saturated rings. The summed E-state index contributed by atoms with van der Waals surface area (Å²) in [6, 6.07) is -0.929. The molecule has 0 unspecified atom stereocenters. The normalized spacial score (nSPS) is 17.3. The van der Waals surface area contributed by atoms with Crippen LogP contribution in [0.25, 0.3) is 0 Å². The second kappa shape index (κ2) is 18.9. The zero-order valence-electron chi connectivity index (χ0n) is 29.9. The topological polar surface area (TPSA) is 267 Å². The zero-order valence-corrected chi connectivity index (χ0v) is 29.9. The van der Waals surface area contributed by atoms with Crippen LogP contribution in [0.15, 0.2) is 24.3 Å². The van der Waals surface area contributed by atoms with Crippen LogP contribution in [0.2, 0.25) is 0 Å². The molecule has 284 valence electrons. The van der Waals surface area contributed by atoms with Crippen molar-refractivity contribution >= 4 is 41.6 Å². The fourth-order valence-electron chi connectivity index (χ4n) is 5.46. The van der Waals surface area contributed by atoms with E-state index in [-0.39, 0.29) is 50.3 Å². The molecule has 2 rings (SSSR count). The number of carbonyl (C=O) groups excluding carboxylic acids is 6. The van der Waals surface area contributed by atoms with Gasteiger partial charge < -0.3 is 52.0 Å². The summed E-state index contributed by atoms with van der Waals surface area (Å²) < 4.78 is 5.27. The number of carboxylic acids is 1. The van der Waals surface area contributed by atoms with E-state index >= 15 is 0 Å². The number of aromatic hydroxyl groups is 1. The molecule has 51 heavy (non-hydrogen) atoms. The van der Waals surface area contributed by atoms with Crippen molar-refractivity contribution in [3.8, 4) is 5.75 Å². The third kappa shape index (κ3) is 14.1. The van der Waals surface area contributed by atoms with E-state index in [4.69, 9.17) is 10.5 Å². The molecule has 1 aliphatic rings. The van der Waals surface area contributed by atoms with Crippen molar-refractivity contribution in [2.75, 3.05) is 6.54 Å². The Balaban J connectivity index is 2.33. The van der Waals surface area contributed by atoms with Crippen LogP contribution in [0.1, 0.15) is 79.2 Å². The van der Waals surface area contributed by atoms with E-state index in [0.29, 0.717) is 12.0 Å². The van der Waals surface area contributed by atoms with E-state index in [1.807, 2.05) is 13.8 Å². The molecular weight excluding hydrogens is 668 g/mol. The van der Waals surface area contributed by atoms with Crippen molar-refractivity contribution in [3.63, 3.8) is 0 Å². The van der Waals surface area contributed by atoms with Crippen molar-refractivity contribution in [1.29, 1.82) is 0 Å². The average Bonchev–Trinajstić information content (AvgIpc) is 3.51. The predicted octanol–water partition coefficient (Wildman–Crippen LogP) is 0.0504. The van der Waals surface area contributed by atoms with E-state index in [1.165, 1.54) is 31.2 Å². The van der Waals surface area contributed by atoms with Gasteiger partial charge in [-0.05, 0) is 77.0 Å². The second-order valence-corrected chi connectivity index (χ2v) is 14.1. The average molecular weight is 721 g/mol. The summed E-state index contributed by atoms with van der Waals surface area (Å²) in [5, 5.41) is 39.8. The monoisotopic (exact) mass is 720 g/mol. The Kier molecular flexibility index (Phi) is 15.6. The van der Waals surface area contributed by atoms with Crippen molar-refractivity contribution in [2.24, 2.45) is 11.7 Å². The smallest absolute Gasteiger partial charge is 0.408 e. The quantitative estimate of drug-likeness (QED) is 0.107. The van der Waals surface area contributed by atoms with Gasteiger partial charge in [0.05, 0.1) is 6.10 Å². The van der Waals surface area contributed by atoms with Crippen LogP contribution in [0.3, 0.4) is 0 Å². The third-order valence-electron chi connectivity index (χ3n) is 7.90. The highest BCUT2D eigenvalue weighted by Gasteiger charge is 2.39. The first-order chi connectivity index (χ1) is 23.7. The molecular formula is C34H52N6O11. The number of primary amides is 1. The van der Waals surface area contributed by atoms with Gasteiger partial charge in [-0.25, -0.2) is 9.59 Å². The molecule has 0 aromatic heterocycles. The van der Waals surface area contributed by atoms with Gasteiger partial charge >= 0.3 is 12.1 Å². The molecule has 1 aliphatic heterocycles. The van der Waals surface area contributed by atoms with E-state index in [1.54, 1.807) is 20.8 Å². The summed E-state index contributed by atoms with van der Waals surface area (Å²) in [6.45, 7) is 9.91. The van der Waals surface area contributed by atoms with Gasteiger partial charge in [-0.1, -0.05) is 26.0 Å². The Bertz CT molecular complexity index is 1410. The van der Waals surface area contributed by atoms with Crippen molar-refractivity contribution in [1.82, 2.24) is 26.2 Å². The first-order valence-electron chi connectivity index (χ1n) is 16.9. The Morgan fingerprint density at radius 1 is 0.902 bits per heavy atom. The highest BCUT2D eigenvalue weighted by atomic mass is 16.6. The Hall–Kier alpha value is -4.93. The van der Waals surface area contributed by atoms with E-state index < -0.39 is 83.5 Å². The highest BCUT2D eigenvalue weighted by molar-refractivity contribution is 5.96. The van der Waals surface area contributed by atoms with Crippen molar-refractivity contribution in [2.45, 2.75) is 122 Å². The number of aliphatic hydroxyl groups excluding tert-OH is 1. The molecule has 1 aromatic carbocycles. The largest absolute Gasteiger partial charge is 0.508 e. The van der Waals surface area contributed by atoms with Gasteiger partial charge in [-0.2, -0.15) is 0 Å². The minimum absolute atomic E-state index is 0.0397. The van der Waals surface area contributed by atoms with Gasteiger partial charge in [0.1, 0.15) is 41.6 Å². The maximum absolute atomic E-state index is 13.7. The fourth-order valence-corrected chi connectivity index (χ4v) is 5.46. The molecule has 6 atom stereocenters. The Labute approximate surface area is 297 Å². The molecule has 17 heteroatoms. The third-order valence-corrected chi connectivity index (χ3v) is 7.90. The van der Waals surface area contributed by atoms with Crippen LogP contribution >= 0.6 is 0 Å². The van der Waals surface area contributed by atoms with Crippen molar-refractivity contribution < 1.29 is 53.6 Å². The summed E-state index contributed by atoms with van der Waals surface area (Å²) >= 11 is 0. The lowest BCUT2D eigenvalue weighted by Crippen LogP contribution is -2.61. The number of nitrogens with zero attached hydrogens (tertiary/aromatic N) is 1. The SMILES string of the molecule is CC(C)C[C@H](NC(=O)OC(C)(C)C)C(=O)N[C@@H](CCC(N)=O)C(=O)N[C@H](C(=O)N[C@@H](Cc1ccc(O)cc1)C(=O)N1CCC[C@H]1C(=O)O)[C@@H](C)O. The van der Waals surface area contributed by atoms with E-state index in [0.717, 1.165) is 4.90 Å². The first-order valence-corrected chi connectivity index (χ1v) is 16.9. The number of aliphatic carboxylic acids is 1. The van der Waals surface area contributed by atoms with Gasteiger partial charge in [0.15, 0.2) is 0 Å². The summed E-state index contributed by atoms with van der Waals surface area (Å²) in [4.78, 5) is 91.4. The van der Waals surface area contributed by atoms with Gasteiger partial charge in [-0.3, -0.25) is 24.0 Å². The number of nitrogens with one attached hydrogen (secondary N) is 4. The molecule has 1 heterocycles. The highest BCUT2D eigenvalue weighted by Crippen LogP contribution is 2.21. The fraction of sp³-hybridized carbons (Fsp3) is 0.618. The summed E-state index contributed by atoms with van der Waals surface area (Å²) in [7, 11) is 0. The number of ether oxygens (including phenoxy) is 1. The standard InChI is InChI=1S/C34H52N6O11/c1-18(2)16-23(38-33(50)51-34(4,5)6)29(45)36-22(13-14-26(35)43)28(44)39-27(19(3)41)30(46)37-24(17-20-9-11-21(42)12-10-20)31(47)40-15-7-8-25(40)32(48)49/h9-12,18-19,22-25,27,41-42H,7-8,13-17H2,1-6H3,(H2,35,43)(H,36,45)(H,37,46)(H,38,50)(H,39,44)(H,48,49)/t19-,22+,23+,24+,25+,27+/m1/s1. The number of carbonyl (C=O) groups is 7. The minimum atomic E-state index is -1.68. The van der Waals surface area contributed by atoms with E-state index in [2.05, 4.69) is 21.3 Å². The number of phenolic OH excluding ortho intramolecular Hbond substituents is 1. The number of likely N-dealkylation sites (tertiary alicyclic amines) is 1. The minimum Gasteiger partial charge on any atom is -0.508 e. The molecule has 0 spiro atoms. The van der Waals surface area contributed by atoms with Crippen LogP contribution in [0, 0.1) is 5.92 Å². The van der Waals surface area contributed by atoms with Crippen LogP contribution in [0.5, 0.6) is 5.75 Å². The first kappa shape index (κ1) is 42.2. The van der Waals surface area contributed by atoms with Gasteiger partial charge in [-0.15, -0.1) is 0 Å². The molecule has 0 aliphatic carbocycles. The van der Waals surface area contributed by atoms with Gasteiger partial charge in [0.25, 0.3) is 0 Å². The number of hydrogen-bond donors (Lipinski definition) is 8. The number of amides is 6. The summed E-state index contributed by atoms with van der Waals surface area (Å²) in [5.41, 5.74) is 4.96. The second-order valence-electron chi connectivity index (χ2n) is 14.1. The number of rotatable bonds is 17. The number of phenols is 1. The number of carboxylic acid groups (broad SMARTS) is 1. The lowest BCUT2D eigenvalue weighted by molar-refractivity contribution is -0.149. The Morgan fingerprint density at radius 3 is 2.02 bits per heavy atom. The van der Waals surface area contributed by atoms with Gasteiger partial charge in [0, 0.05) is 19.4 Å². The number of hydrogen-bond acceptors (Lipinski definition) is 10. The zero-order chi connectivity index (χ0) is 38.6. The lowest BCUT2D eigenvalue weighted by atomic mass is 10.0. The van der Waals surface area contributed by atoms with Crippen molar-refractivity contribution in [3.05, 3.63) is 29.8 Å². The number of benzene rings is 1. The van der Waals surface area contributed by atoms with Crippen LogP contribution in [-0.2, 0) is 39.9 Å². The van der Waals surface area contributed by atoms with Crippen LogP contribution in [-0.4, -0.2) is 110 Å². The molecule has 9 N–H and O–H groups in total. The predicted molar refractivity (Wildman–Crippen MR) is 183 cm³/mol. The molecule has 1 saturated heterocycles.